The molecule has 1 heterocycles. The number of halogens is 2. The summed E-state index contributed by atoms with van der Waals surface area (Å²) in [5.41, 5.74) is 3.36. The summed E-state index contributed by atoms with van der Waals surface area (Å²) in [6.07, 6.45) is 0.939. The van der Waals surface area contributed by atoms with E-state index in [4.69, 9.17) is 0 Å². The fourth-order valence-electron chi connectivity index (χ4n) is 4.12. The number of nitrogens with zero attached hydrogens (tertiary/aromatic N) is 2. The molecule has 1 fully saturated rings. The third kappa shape index (κ3) is 2.85. The van der Waals surface area contributed by atoms with Crippen LogP contribution in [0.1, 0.15) is 35.1 Å². The molecular formula is C20H22F2N2. The molecule has 2 aromatic carbocycles. The molecule has 4 rings (SSSR count). The first-order chi connectivity index (χ1) is 11.6. The maximum atomic E-state index is 13.9. The topological polar surface area (TPSA) is 6.48 Å². The van der Waals surface area contributed by atoms with Gasteiger partial charge < -0.3 is 4.90 Å². The van der Waals surface area contributed by atoms with Crippen LogP contribution in [0.3, 0.4) is 0 Å². The van der Waals surface area contributed by atoms with Crippen LogP contribution in [0.4, 0.5) is 8.78 Å². The molecule has 0 bridgehead atoms. The Labute approximate surface area is 141 Å². The maximum absolute atomic E-state index is 13.9. The smallest absolute Gasteiger partial charge is 0.123 e. The highest BCUT2D eigenvalue weighted by molar-refractivity contribution is 5.45. The molecule has 2 aliphatic rings. The molecule has 0 unspecified atom stereocenters. The Hall–Kier alpha value is -1.78. The van der Waals surface area contributed by atoms with E-state index in [0.29, 0.717) is 6.04 Å². The highest BCUT2D eigenvalue weighted by atomic mass is 19.1. The van der Waals surface area contributed by atoms with E-state index in [1.807, 2.05) is 18.2 Å². The zero-order valence-corrected chi connectivity index (χ0v) is 13.9. The lowest BCUT2D eigenvalue weighted by atomic mass is 9.93. The third-order valence-electron chi connectivity index (χ3n) is 5.49. The summed E-state index contributed by atoms with van der Waals surface area (Å²) >= 11 is 0. The highest BCUT2D eigenvalue weighted by Gasteiger charge is 2.36. The van der Waals surface area contributed by atoms with Crippen LogP contribution < -0.4 is 0 Å². The molecule has 0 radical (unpaired) electrons. The lowest BCUT2D eigenvalue weighted by Gasteiger charge is -2.37. The van der Waals surface area contributed by atoms with E-state index >= 15 is 0 Å². The molecule has 4 heteroatoms. The second-order valence-corrected chi connectivity index (χ2v) is 6.97. The fourth-order valence-corrected chi connectivity index (χ4v) is 4.12. The Bertz CT molecular complexity index is 721. The zero-order chi connectivity index (χ0) is 16.7. The van der Waals surface area contributed by atoms with Crippen molar-refractivity contribution < 1.29 is 8.78 Å². The van der Waals surface area contributed by atoms with Gasteiger partial charge in [0.2, 0.25) is 0 Å². The number of likely N-dealkylation sites (N-methyl/N-ethyl adjacent to an activating group) is 1. The predicted molar refractivity (Wildman–Crippen MR) is 91.1 cm³/mol. The van der Waals surface area contributed by atoms with Crippen molar-refractivity contribution in [1.82, 2.24) is 9.80 Å². The average molecular weight is 328 g/mol. The minimum absolute atomic E-state index is 0.140. The SMILES string of the molecule is CN1CCN([C@H]2C[C@H](c3ccc(F)cc3)c3cc(F)ccc32)CC1. The molecule has 0 amide bonds. The second kappa shape index (κ2) is 6.26. The van der Waals surface area contributed by atoms with Crippen molar-refractivity contribution in [2.45, 2.75) is 18.4 Å². The van der Waals surface area contributed by atoms with Crippen LogP contribution >= 0.6 is 0 Å². The van der Waals surface area contributed by atoms with E-state index in [-0.39, 0.29) is 17.6 Å². The van der Waals surface area contributed by atoms with Gasteiger partial charge in [0.1, 0.15) is 11.6 Å². The standard InChI is InChI=1S/C20H22F2N2/c1-23-8-10-24(11-9-23)20-13-18(14-2-4-15(21)5-3-14)19-12-16(22)6-7-17(19)20/h2-7,12,18,20H,8-11,13H2,1H3/t18-,20+/m1/s1. The van der Waals surface area contributed by atoms with Crippen molar-refractivity contribution >= 4 is 0 Å². The van der Waals surface area contributed by atoms with Gasteiger partial charge in [0, 0.05) is 38.1 Å². The van der Waals surface area contributed by atoms with Gasteiger partial charge in [-0.2, -0.15) is 0 Å². The van der Waals surface area contributed by atoms with Gasteiger partial charge in [0.05, 0.1) is 0 Å². The van der Waals surface area contributed by atoms with E-state index in [1.165, 1.54) is 17.7 Å². The molecule has 2 atom stereocenters. The summed E-state index contributed by atoms with van der Waals surface area (Å²) in [6, 6.07) is 12.2. The van der Waals surface area contributed by atoms with Crippen LogP contribution in [-0.2, 0) is 0 Å². The summed E-state index contributed by atoms with van der Waals surface area (Å²) in [4.78, 5) is 4.86. The molecule has 1 aliphatic heterocycles. The van der Waals surface area contributed by atoms with E-state index < -0.39 is 0 Å². The molecule has 0 spiro atoms. The number of hydrogen-bond acceptors (Lipinski definition) is 2. The van der Waals surface area contributed by atoms with Crippen LogP contribution in [0, 0.1) is 11.6 Å². The summed E-state index contributed by atoms with van der Waals surface area (Å²) < 4.78 is 27.1. The first-order valence-corrected chi connectivity index (χ1v) is 8.59. The van der Waals surface area contributed by atoms with Gasteiger partial charge in [-0.05, 0) is 54.4 Å². The Morgan fingerprint density at radius 3 is 2.21 bits per heavy atom. The third-order valence-corrected chi connectivity index (χ3v) is 5.49. The van der Waals surface area contributed by atoms with Crippen molar-refractivity contribution in [1.29, 1.82) is 0 Å². The first-order valence-electron chi connectivity index (χ1n) is 8.59. The van der Waals surface area contributed by atoms with Crippen molar-refractivity contribution in [3.05, 3.63) is 70.8 Å². The normalized spacial score (nSPS) is 25.0. The Morgan fingerprint density at radius 2 is 1.50 bits per heavy atom. The summed E-state index contributed by atoms with van der Waals surface area (Å²) in [6.45, 7) is 4.20. The number of rotatable bonds is 2. The number of benzene rings is 2. The average Bonchev–Trinajstić information content (AvgIpc) is 2.95. The number of fused-ring (bicyclic) bond motifs is 1. The Kier molecular flexibility index (Phi) is 4.10. The van der Waals surface area contributed by atoms with Gasteiger partial charge in [-0.15, -0.1) is 0 Å². The molecule has 1 aliphatic carbocycles. The van der Waals surface area contributed by atoms with Crippen LogP contribution in [0.15, 0.2) is 42.5 Å². The van der Waals surface area contributed by atoms with E-state index in [9.17, 15) is 8.78 Å². The predicted octanol–water partition coefficient (Wildman–Crippen LogP) is 3.79. The Morgan fingerprint density at radius 1 is 0.833 bits per heavy atom. The van der Waals surface area contributed by atoms with Crippen LogP contribution in [0.25, 0.3) is 0 Å². The van der Waals surface area contributed by atoms with Gasteiger partial charge >= 0.3 is 0 Å². The summed E-state index contributed by atoms with van der Waals surface area (Å²) in [7, 11) is 2.15. The highest BCUT2D eigenvalue weighted by Crippen LogP contribution is 2.47. The van der Waals surface area contributed by atoms with E-state index in [0.717, 1.165) is 43.7 Å². The van der Waals surface area contributed by atoms with Gasteiger partial charge in [-0.25, -0.2) is 8.78 Å². The first kappa shape index (κ1) is 15.7. The molecule has 2 nitrogen and oxygen atoms in total. The summed E-state index contributed by atoms with van der Waals surface area (Å²) in [5, 5.41) is 0. The van der Waals surface area contributed by atoms with Gasteiger partial charge in [0.25, 0.3) is 0 Å². The largest absolute Gasteiger partial charge is 0.304 e. The van der Waals surface area contributed by atoms with Crippen LogP contribution in [0.5, 0.6) is 0 Å². The van der Waals surface area contributed by atoms with Crippen molar-refractivity contribution in [2.75, 3.05) is 33.2 Å². The van der Waals surface area contributed by atoms with E-state index in [1.54, 1.807) is 12.1 Å². The molecule has 0 N–H and O–H groups in total. The molecule has 24 heavy (non-hydrogen) atoms. The molecule has 0 aromatic heterocycles. The molecule has 0 saturated carbocycles. The lowest BCUT2D eigenvalue weighted by Crippen LogP contribution is -2.45. The summed E-state index contributed by atoms with van der Waals surface area (Å²) in [5.74, 6) is -0.285. The van der Waals surface area contributed by atoms with E-state index in [2.05, 4.69) is 16.8 Å². The van der Waals surface area contributed by atoms with Gasteiger partial charge in [0.15, 0.2) is 0 Å². The number of hydrogen-bond donors (Lipinski definition) is 0. The van der Waals surface area contributed by atoms with Crippen LogP contribution in [-0.4, -0.2) is 43.0 Å². The minimum atomic E-state index is -0.230. The fraction of sp³-hybridized carbons (Fsp3) is 0.400. The molecular weight excluding hydrogens is 306 g/mol. The Balaban J connectivity index is 1.68. The van der Waals surface area contributed by atoms with Gasteiger partial charge in [-0.1, -0.05) is 18.2 Å². The van der Waals surface area contributed by atoms with Crippen molar-refractivity contribution in [3.8, 4) is 0 Å². The second-order valence-electron chi connectivity index (χ2n) is 6.97. The monoisotopic (exact) mass is 328 g/mol. The minimum Gasteiger partial charge on any atom is -0.304 e. The number of piperazine rings is 1. The molecule has 126 valence electrons. The molecule has 2 aromatic rings. The van der Waals surface area contributed by atoms with Gasteiger partial charge in [-0.3, -0.25) is 4.90 Å². The quantitative estimate of drug-likeness (QED) is 0.828. The van der Waals surface area contributed by atoms with Crippen LogP contribution in [0.2, 0.25) is 0 Å². The molecule has 1 saturated heterocycles. The maximum Gasteiger partial charge on any atom is 0.123 e. The van der Waals surface area contributed by atoms with Crippen molar-refractivity contribution in [2.24, 2.45) is 0 Å². The zero-order valence-electron chi connectivity index (χ0n) is 13.9. The lowest BCUT2D eigenvalue weighted by molar-refractivity contribution is 0.110. The van der Waals surface area contributed by atoms with Crippen molar-refractivity contribution in [3.63, 3.8) is 0 Å².